The van der Waals surface area contributed by atoms with Gasteiger partial charge in [0, 0.05) is 5.69 Å². The molecular weight excluding hydrogens is 123 g/mol. The van der Waals surface area contributed by atoms with E-state index in [1.807, 2.05) is 30.3 Å². The van der Waals surface area contributed by atoms with Gasteiger partial charge in [0.2, 0.25) is 0 Å². The average Bonchev–Trinajstić information content (AvgIpc) is 1.90. The third kappa shape index (κ3) is 2.87. The van der Waals surface area contributed by atoms with E-state index in [0.717, 1.165) is 5.69 Å². The summed E-state index contributed by atoms with van der Waals surface area (Å²) in [5, 5.41) is 0. The fraction of sp³-hybridized carbons (Fsp3) is 0. The molecule has 0 aliphatic heterocycles. The minimum absolute atomic E-state index is 0. The molecule has 1 aromatic rings. The van der Waals surface area contributed by atoms with Gasteiger partial charge in [-0.25, -0.2) is 0 Å². The molecule has 1 rings (SSSR count). The molecule has 0 bridgehead atoms. The molecule has 0 aliphatic rings. The van der Waals surface area contributed by atoms with Crippen molar-refractivity contribution in [1.82, 2.24) is 0 Å². The number of para-hydroxylation sites is 1. The maximum Gasteiger partial charge on any atom is 1.00 e. The summed E-state index contributed by atoms with van der Waals surface area (Å²) in [4.78, 5) is 0. The first-order chi connectivity index (χ1) is 3.93. The van der Waals surface area contributed by atoms with E-state index in [1.165, 1.54) is 0 Å². The number of nitrogens with one attached hydrogen (secondary N) is 1. The number of anilines is 1. The molecule has 0 aliphatic carbocycles. The minimum atomic E-state index is 0. The van der Waals surface area contributed by atoms with Gasteiger partial charge < -0.3 is 6.85 Å². The van der Waals surface area contributed by atoms with Crippen molar-refractivity contribution >= 4 is 5.69 Å². The van der Waals surface area contributed by atoms with Crippen molar-refractivity contribution in [2.24, 2.45) is 5.84 Å². The molecule has 0 aromatic heterocycles. The topological polar surface area (TPSA) is 38.0 Å². The van der Waals surface area contributed by atoms with E-state index >= 15 is 0 Å². The summed E-state index contributed by atoms with van der Waals surface area (Å²) in [5.74, 6) is 5.10. The molecule has 1 aromatic carbocycles. The molecule has 0 radical (unpaired) electrons. The predicted molar refractivity (Wildman–Crippen MR) is 35.4 cm³/mol. The van der Waals surface area contributed by atoms with Gasteiger partial charge in [-0.15, -0.1) is 0 Å². The van der Waals surface area contributed by atoms with Crippen LogP contribution in [0.4, 0.5) is 5.69 Å². The van der Waals surface area contributed by atoms with Gasteiger partial charge in [-0.3, -0.25) is 5.84 Å². The predicted octanol–water partition coefficient (Wildman–Crippen LogP) is -1.91. The second kappa shape index (κ2) is 4.82. The van der Waals surface area contributed by atoms with Gasteiger partial charge in [0.25, 0.3) is 0 Å². The second-order valence-electron chi connectivity index (χ2n) is 1.51. The van der Waals surface area contributed by atoms with Crippen molar-refractivity contribution in [1.29, 1.82) is 0 Å². The van der Waals surface area contributed by atoms with Gasteiger partial charge in [0.05, 0.1) is 0 Å². The first kappa shape index (κ1) is 8.98. The van der Waals surface area contributed by atoms with E-state index < -0.39 is 0 Å². The van der Waals surface area contributed by atoms with Gasteiger partial charge in [-0.1, -0.05) is 18.2 Å². The smallest absolute Gasteiger partial charge is 1.00 e. The van der Waals surface area contributed by atoms with Gasteiger partial charge in [0.15, 0.2) is 0 Å². The maximum atomic E-state index is 5.10. The number of benzene rings is 1. The van der Waals surface area contributed by atoms with Crippen LogP contribution in [0.3, 0.4) is 0 Å². The Morgan fingerprint density at radius 2 is 1.78 bits per heavy atom. The maximum absolute atomic E-state index is 5.10. The fourth-order valence-electron chi connectivity index (χ4n) is 0.534. The zero-order chi connectivity index (χ0) is 5.82. The summed E-state index contributed by atoms with van der Waals surface area (Å²) in [7, 11) is 0. The molecule has 9 heavy (non-hydrogen) atoms. The largest absolute Gasteiger partial charge is 1.00 e. The summed E-state index contributed by atoms with van der Waals surface area (Å²) in [6, 6.07) is 9.60. The minimum Gasteiger partial charge on any atom is -1.00 e. The van der Waals surface area contributed by atoms with Crippen molar-refractivity contribution in [2.75, 3.05) is 5.43 Å². The third-order valence-electron chi connectivity index (χ3n) is 0.940. The molecule has 3 heteroatoms. The first-order valence-corrected chi connectivity index (χ1v) is 2.45. The van der Waals surface area contributed by atoms with E-state index in [-0.39, 0.29) is 31.0 Å². The molecule has 0 heterocycles. The van der Waals surface area contributed by atoms with Crippen molar-refractivity contribution in [3.8, 4) is 0 Å². The zero-order valence-corrected chi connectivity index (χ0v) is 7.46. The van der Waals surface area contributed by atoms with E-state index in [1.54, 1.807) is 0 Å². The van der Waals surface area contributed by atoms with E-state index in [4.69, 9.17) is 5.84 Å². The van der Waals surface area contributed by atoms with Crippen LogP contribution in [0.5, 0.6) is 0 Å². The van der Waals surface area contributed by atoms with Crippen molar-refractivity contribution < 1.29 is 31.0 Å². The second-order valence-corrected chi connectivity index (χ2v) is 1.51. The molecule has 0 saturated carbocycles. The summed E-state index contributed by atoms with van der Waals surface area (Å²) in [6.07, 6.45) is 0. The summed E-state index contributed by atoms with van der Waals surface area (Å²) >= 11 is 0. The van der Waals surface area contributed by atoms with Crippen molar-refractivity contribution in [3.63, 3.8) is 0 Å². The van der Waals surface area contributed by atoms with Gasteiger partial charge in [0.1, 0.15) is 0 Å². The van der Waals surface area contributed by atoms with Crippen LogP contribution in [0.2, 0.25) is 0 Å². The monoisotopic (exact) mass is 132 g/mol. The fourth-order valence-corrected chi connectivity index (χ4v) is 0.534. The van der Waals surface area contributed by atoms with Crippen LogP contribution >= 0.6 is 0 Å². The zero-order valence-electron chi connectivity index (χ0n) is 6.46. The summed E-state index contributed by atoms with van der Waals surface area (Å²) in [5.41, 5.74) is 3.46. The Hall–Kier alpha value is -0.0200. The Balaban J connectivity index is 0. The molecule has 44 valence electrons. The normalized spacial score (nSPS) is 7.67. The van der Waals surface area contributed by atoms with Gasteiger partial charge in [-0.05, 0) is 12.1 Å². The Morgan fingerprint density at radius 1 is 1.22 bits per heavy atom. The molecule has 0 amide bonds. The van der Waals surface area contributed by atoms with Crippen LogP contribution in [0.1, 0.15) is 1.43 Å². The first-order valence-electron chi connectivity index (χ1n) is 2.45. The molecule has 3 N–H and O–H groups in total. The quantitative estimate of drug-likeness (QED) is 0.266. The van der Waals surface area contributed by atoms with Crippen LogP contribution < -0.4 is 40.8 Å². The molecule has 0 atom stereocenters. The van der Waals surface area contributed by atoms with Crippen LogP contribution in [0.15, 0.2) is 30.3 Å². The van der Waals surface area contributed by atoms with Crippen molar-refractivity contribution in [3.05, 3.63) is 30.3 Å². The summed E-state index contributed by atoms with van der Waals surface area (Å²) < 4.78 is 0. The van der Waals surface area contributed by atoms with Gasteiger partial charge in [-0.2, -0.15) is 0 Å². The standard InChI is InChI=1S/C6H8N2.Na.H/c7-8-6-4-2-1-3-5-6;;/h1-5,8H,7H2;;/q;+1;-1. The van der Waals surface area contributed by atoms with Crippen LogP contribution in [0, 0.1) is 0 Å². The average molecular weight is 132 g/mol. The summed E-state index contributed by atoms with van der Waals surface area (Å²) in [6.45, 7) is 0. The molecule has 0 unspecified atom stereocenters. The third-order valence-corrected chi connectivity index (χ3v) is 0.940. The molecule has 2 nitrogen and oxygen atoms in total. The number of hydrogen-bond donors (Lipinski definition) is 2. The SMILES string of the molecule is NNc1ccccc1.[H-].[Na+]. The van der Waals surface area contributed by atoms with E-state index in [2.05, 4.69) is 5.43 Å². The number of rotatable bonds is 1. The molecular formula is C6H9N2Na. The Bertz CT molecular complexity index is 157. The Kier molecular flexibility index (Phi) is 4.81. The number of hydrazine groups is 1. The van der Waals surface area contributed by atoms with E-state index in [9.17, 15) is 0 Å². The van der Waals surface area contributed by atoms with E-state index in [0.29, 0.717) is 0 Å². The van der Waals surface area contributed by atoms with Crippen molar-refractivity contribution in [2.45, 2.75) is 0 Å². The number of hydrogen-bond acceptors (Lipinski definition) is 2. The number of nitrogen functional groups attached to an aromatic ring is 1. The Morgan fingerprint density at radius 3 is 2.11 bits per heavy atom. The Labute approximate surface area is 78.2 Å². The van der Waals surface area contributed by atoms with Crippen LogP contribution in [-0.2, 0) is 0 Å². The van der Waals surface area contributed by atoms with Crippen LogP contribution in [-0.4, -0.2) is 0 Å². The molecule has 0 saturated heterocycles. The van der Waals surface area contributed by atoms with Crippen LogP contribution in [0.25, 0.3) is 0 Å². The molecule has 0 spiro atoms. The number of nitrogens with two attached hydrogens (primary N) is 1. The molecule has 0 fully saturated rings. The van der Waals surface area contributed by atoms with Gasteiger partial charge >= 0.3 is 29.6 Å².